The van der Waals surface area contributed by atoms with Crippen LogP contribution in [0.15, 0.2) is 53.1 Å². The fourth-order valence-electron chi connectivity index (χ4n) is 6.23. The molecule has 2 N–H and O–H groups in total. The molecule has 0 spiro atoms. The van der Waals surface area contributed by atoms with Crippen LogP contribution in [0.2, 0.25) is 0 Å². The van der Waals surface area contributed by atoms with Crippen molar-refractivity contribution in [3.05, 3.63) is 71.0 Å². The van der Waals surface area contributed by atoms with Gasteiger partial charge in [-0.05, 0) is 54.6 Å². The first-order chi connectivity index (χ1) is 18.1. The summed E-state index contributed by atoms with van der Waals surface area (Å²) in [6, 6.07) is 16.2. The summed E-state index contributed by atoms with van der Waals surface area (Å²) >= 11 is 0. The smallest absolute Gasteiger partial charge is 0.257 e. The van der Waals surface area contributed by atoms with Crippen LogP contribution in [0.5, 0.6) is 0 Å². The molecule has 1 atom stereocenters. The largest absolute Gasteiger partial charge is 0.387 e. The Bertz CT molecular complexity index is 1270. The highest BCUT2D eigenvalue weighted by Crippen LogP contribution is 2.50. The zero-order valence-corrected chi connectivity index (χ0v) is 22.7. The molecule has 1 amide bonds. The molecule has 3 aromatic rings. The Balaban J connectivity index is 1.44. The molecular weight excluding hydrogens is 480 g/mol. The second-order valence-electron chi connectivity index (χ2n) is 11.6. The normalized spacial score (nSPS) is 19.8. The Hall–Kier alpha value is -3.07. The van der Waals surface area contributed by atoms with Crippen LogP contribution in [0.25, 0.3) is 11.5 Å². The van der Waals surface area contributed by atoms with E-state index in [1.165, 1.54) is 5.56 Å². The molecule has 0 bridgehead atoms. The molecule has 8 nitrogen and oxygen atoms in total. The van der Waals surface area contributed by atoms with Gasteiger partial charge in [0.05, 0.1) is 0 Å². The summed E-state index contributed by atoms with van der Waals surface area (Å²) in [6.45, 7) is 8.72. The van der Waals surface area contributed by atoms with Crippen molar-refractivity contribution in [2.45, 2.75) is 51.0 Å². The van der Waals surface area contributed by atoms with Crippen molar-refractivity contribution in [3.63, 3.8) is 0 Å². The molecule has 202 valence electrons. The summed E-state index contributed by atoms with van der Waals surface area (Å²) < 4.78 is 5.69. The molecule has 0 radical (unpaired) electrons. The molecule has 2 fully saturated rings. The van der Waals surface area contributed by atoms with Crippen LogP contribution in [0.4, 0.5) is 0 Å². The zero-order chi connectivity index (χ0) is 27.1. The van der Waals surface area contributed by atoms with E-state index in [0.29, 0.717) is 30.7 Å². The van der Waals surface area contributed by atoms with Crippen molar-refractivity contribution in [2.24, 2.45) is 5.41 Å². The number of aliphatic hydroxyl groups is 2. The maximum atomic E-state index is 12.5. The number of carbonyl (C=O) groups excluding carboxylic acids is 1. The predicted octanol–water partition coefficient (Wildman–Crippen LogP) is 3.75. The van der Waals surface area contributed by atoms with Gasteiger partial charge < -0.3 is 24.5 Å². The lowest BCUT2D eigenvalue weighted by Gasteiger charge is -2.56. The molecule has 38 heavy (non-hydrogen) atoms. The first-order valence-corrected chi connectivity index (χ1v) is 13.5. The van der Waals surface area contributed by atoms with Gasteiger partial charge in [0.1, 0.15) is 12.2 Å². The zero-order valence-electron chi connectivity index (χ0n) is 22.7. The molecule has 0 saturated carbocycles. The van der Waals surface area contributed by atoms with E-state index in [-0.39, 0.29) is 17.2 Å². The van der Waals surface area contributed by atoms with Crippen molar-refractivity contribution < 1.29 is 19.5 Å². The van der Waals surface area contributed by atoms with Gasteiger partial charge in [-0.2, -0.15) is 4.98 Å². The number of aromatic nitrogens is 2. The highest BCUT2D eigenvalue weighted by atomic mass is 16.5. The summed E-state index contributed by atoms with van der Waals surface area (Å²) in [7, 11) is 2.07. The van der Waals surface area contributed by atoms with E-state index < -0.39 is 12.2 Å². The molecule has 2 saturated heterocycles. The number of likely N-dealkylation sites (tertiary alicyclic amines) is 2. The fraction of sp³-hybridized carbons (Fsp3) is 0.500. The molecule has 2 aliphatic rings. The Morgan fingerprint density at radius 3 is 2.42 bits per heavy atom. The van der Waals surface area contributed by atoms with E-state index >= 15 is 0 Å². The molecule has 8 heteroatoms. The topological polar surface area (TPSA) is 103 Å². The van der Waals surface area contributed by atoms with Crippen molar-refractivity contribution in [1.29, 1.82) is 0 Å². The summed E-state index contributed by atoms with van der Waals surface area (Å²) in [6.07, 6.45) is 1.45. The Labute approximate surface area is 224 Å². The quantitative estimate of drug-likeness (QED) is 0.491. The van der Waals surface area contributed by atoms with Gasteiger partial charge in [-0.15, -0.1) is 0 Å². The van der Waals surface area contributed by atoms with Gasteiger partial charge in [-0.25, -0.2) is 0 Å². The lowest BCUT2D eigenvalue weighted by molar-refractivity contribution is -0.135. The Kier molecular flexibility index (Phi) is 7.15. The molecular formula is C30H38N4O4. The molecule has 5 rings (SSSR count). The van der Waals surface area contributed by atoms with Crippen molar-refractivity contribution in [1.82, 2.24) is 19.9 Å². The number of piperidine rings is 1. The third-order valence-corrected chi connectivity index (χ3v) is 8.42. The standard InChI is InChI=1S/C30H38N4O4/c1-20(2)21-8-10-24(11-9-21)30(37,29(3)18-33(4)19-29)25-7-5-6-23(16-25)28-31-27(32-38-28)22-12-14-34(15-13-22)26(36)17-35/h5-11,16,20,22,35,37H,12-15,17-19H2,1-4H3/t30-/m0/s1. The minimum absolute atomic E-state index is 0.0965. The van der Waals surface area contributed by atoms with Crippen molar-refractivity contribution in [3.8, 4) is 11.5 Å². The Morgan fingerprint density at radius 1 is 1.13 bits per heavy atom. The van der Waals surface area contributed by atoms with Crippen LogP contribution < -0.4 is 0 Å². The lowest BCUT2D eigenvalue weighted by Crippen LogP contribution is -2.63. The van der Waals surface area contributed by atoms with Gasteiger partial charge >= 0.3 is 0 Å². The van der Waals surface area contributed by atoms with Gasteiger partial charge in [0.25, 0.3) is 5.89 Å². The predicted molar refractivity (Wildman–Crippen MR) is 145 cm³/mol. The number of carbonyl (C=O) groups is 1. The molecule has 2 aromatic carbocycles. The monoisotopic (exact) mass is 518 g/mol. The number of hydrogen-bond donors (Lipinski definition) is 2. The van der Waals surface area contributed by atoms with E-state index in [1.54, 1.807) is 4.90 Å². The number of rotatable bonds is 7. The van der Waals surface area contributed by atoms with Gasteiger partial charge in [0.2, 0.25) is 5.91 Å². The number of nitrogens with zero attached hydrogens (tertiary/aromatic N) is 4. The summed E-state index contributed by atoms with van der Waals surface area (Å²) in [5, 5.41) is 25.9. The first-order valence-electron chi connectivity index (χ1n) is 13.5. The van der Waals surface area contributed by atoms with Crippen LogP contribution in [0.1, 0.15) is 68.0 Å². The highest BCUT2D eigenvalue weighted by Gasteiger charge is 2.55. The van der Waals surface area contributed by atoms with E-state index in [2.05, 4.69) is 62.1 Å². The van der Waals surface area contributed by atoms with Crippen LogP contribution in [0.3, 0.4) is 0 Å². The lowest BCUT2D eigenvalue weighted by atomic mass is 9.62. The number of amides is 1. The van der Waals surface area contributed by atoms with Gasteiger partial charge in [-0.1, -0.05) is 62.3 Å². The number of aliphatic hydroxyl groups excluding tert-OH is 1. The van der Waals surface area contributed by atoms with Crippen molar-refractivity contribution in [2.75, 3.05) is 39.8 Å². The van der Waals surface area contributed by atoms with E-state index in [0.717, 1.165) is 42.6 Å². The van der Waals surface area contributed by atoms with Crippen LogP contribution in [-0.2, 0) is 10.4 Å². The highest BCUT2D eigenvalue weighted by molar-refractivity contribution is 5.77. The third-order valence-electron chi connectivity index (χ3n) is 8.42. The molecule has 1 aromatic heterocycles. The summed E-state index contributed by atoms with van der Waals surface area (Å²) in [5.74, 6) is 1.32. The Morgan fingerprint density at radius 2 is 1.82 bits per heavy atom. The van der Waals surface area contributed by atoms with Gasteiger partial charge in [0.15, 0.2) is 5.82 Å². The maximum Gasteiger partial charge on any atom is 0.257 e. The second-order valence-corrected chi connectivity index (χ2v) is 11.6. The van der Waals surface area contributed by atoms with Gasteiger partial charge in [0, 0.05) is 43.1 Å². The average molecular weight is 519 g/mol. The van der Waals surface area contributed by atoms with E-state index in [1.807, 2.05) is 24.3 Å². The maximum absolute atomic E-state index is 12.5. The van der Waals surface area contributed by atoms with E-state index in [9.17, 15) is 9.90 Å². The van der Waals surface area contributed by atoms with Crippen LogP contribution in [-0.4, -0.2) is 75.9 Å². The SMILES string of the molecule is CC(C)c1ccc([C@](O)(c2cccc(-c3nc(C4CCN(C(=O)CO)CC4)no3)c2)C2(C)CN(C)C2)cc1. The van der Waals surface area contributed by atoms with Crippen LogP contribution in [0, 0.1) is 5.41 Å². The molecule has 0 aliphatic carbocycles. The fourth-order valence-corrected chi connectivity index (χ4v) is 6.23. The summed E-state index contributed by atoms with van der Waals surface area (Å²) in [4.78, 5) is 20.4. The molecule has 2 aliphatic heterocycles. The van der Waals surface area contributed by atoms with Gasteiger partial charge in [-0.3, -0.25) is 4.79 Å². The number of hydrogen-bond acceptors (Lipinski definition) is 7. The second kappa shape index (κ2) is 10.2. The average Bonchev–Trinajstić information content (AvgIpc) is 3.42. The van der Waals surface area contributed by atoms with Crippen LogP contribution >= 0.6 is 0 Å². The third kappa shape index (κ3) is 4.65. The number of benzene rings is 2. The minimum Gasteiger partial charge on any atom is -0.387 e. The molecule has 0 unspecified atom stereocenters. The van der Waals surface area contributed by atoms with E-state index in [4.69, 9.17) is 14.6 Å². The molecule has 3 heterocycles. The van der Waals surface area contributed by atoms with Crippen molar-refractivity contribution >= 4 is 5.91 Å². The first kappa shape index (κ1) is 26.5. The minimum atomic E-state index is -1.19. The summed E-state index contributed by atoms with van der Waals surface area (Å²) in [5.41, 5.74) is 2.14.